The van der Waals surface area contributed by atoms with Crippen LogP contribution >= 0.6 is 0 Å². The van der Waals surface area contributed by atoms with Crippen molar-refractivity contribution in [1.82, 2.24) is 0 Å². The van der Waals surface area contributed by atoms with Gasteiger partial charge in [-0.15, -0.1) is 0 Å². The number of hydrogen-bond donors (Lipinski definition) is 0. The largest absolute Gasteiger partial charge is 0.465 e. The summed E-state index contributed by atoms with van der Waals surface area (Å²) in [6.07, 6.45) is 10.0. The van der Waals surface area contributed by atoms with Crippen LogP contribution in [-0.4, -0.2) is 25.2 Å². The van der Waals surface area contributed by atoms with Gasteiger partial charge >= 0.3 is 11.9 Å². The second-order valence-electron chi connectivity index (χ2n) is 7.43. The predicted molar refractivity (Wildman–Crippen MR) is 95.6 cm³/mol. The van der Waals surface area contributed by atoms with E-state index in [0.717, 1.165) is 44.9 Å². The SMILES string of the molecule is CCCCCCCOC(=O)C1CCCCC1C(=O)OCCC(C)C. The molecule has 0 amide bonds. The molecule has 0 aromatic carbocycles. The van der Waals surface area contributed by atoms with Gasteiger partial charge in [-0.1, -0.05) is 59.3 Å². The molecular formula is C20H36O4. The number of carbonyl (C=O) groups excluding carboxylic acids is 2. The fraction of sp³-hybridized carbons (Fsp3) is 0.900. The number of esters is 2. The molecule has 24 heavy (non-hydrogen) atoms. The Morgan fingerprint density at radius 1 is 0.875 bits per heavy atom. The lowest BCUT2D eigenvalue weighted by atomic mass is 9.79. The van der Waals surface area contributed by atoms with Crippen molar-refractivity contribution in [2.75, 3.05) is 13.2 Å². The van der Waals surface area contributed by atoms with Crippen LogP contribution in [-0.2, 0) is 19.1 Å². The van der Waals surface area contributed by atoms with Crippen LogP contribution in [0.25, 0.3) is 0 Å². The maximum Gasteiger partial charge on any atom is 0.309 e. The summed E-state index contributed by atoms with van der Waals surface area (Å²) in [5.41, 5.74) is 0. The summed E-state index contributed by atoms with van der Waals surface area (Å²) in [6, 6.07) is 0. The van der Waals surface area contributed by atoms with Crippen molar-refractivity contribution in [1.29, 1.82) is 0 Å². The quantitative estimate of drug-likeness (QED) is 0.397. The minimum absolute atomic E-state index is 0.198. The number of hydrogen-bond acceptors (Lipinski definition) is 4. The maximum absolute atomic E-state index is 12.4. The van der Waals surface area contributed by atoms with Crippen LogP contribution in [0.2, 0.25) is 0 Å². The van der Waals surface area contributed by atoms with Gasteiger partial charge in [-0.3, -0.25) is 9.59 Å². The highest BCUT2D eigenvalue weighted by Crippen LogP contribution is 2.32. The molecule has 0 saturated heterocycles. The molecule has 140 valence electrons. The fourth-order valence-corrected chi connectivity index (χ4v) is 3.18. The van der Waals surface area contributed by atoms with E-state index in [4.69, 9.17) is 9.47 Å². The van der Waals surface area contributed by atoms with Crippen molar-refractivity contribution in [3.05, 3.63) is 0 Å². The Labute approximate surface area is 147 Å². The molecule has 0 aromatic heterocycles. The van der Waals surface area contributed by atoms with Gasteiger partial charge in [-0.05, 0) is 31.6 Å². The van der Waals surface area contributed by atoms with Gasteiger partial charge in [0.1, 0.15) is 0 Å². The van der Waals surface area contributed by atoms with Gasteiger partial charge in [-0.25, -0.2) is 0 Å². The molecule has 0 bridgehead atoms. The number of rotatable bonds is 11. The van der Waals surface area contributed by atoms with E-state index in [9.17, 15) is 9.59 Å². The van der Waals surface area contributed by atoms with E-state index >= 15 is 0 Å². The Morgan fingerprint density at radius 3 is 1.96 bits per heavy atom. The Kier molecular flexibility index (Phi) is 10.8. The molecule has 1 fully saturated rings. The van der Waals surface area contributed by atoms with Crippen molar-refractivity contribution in [3.8, 4) is 0 Å². The van der Waals surface area contributed by atoms with Crippen LogP contribution in [0, 0.1) is 17.8 Å². The summed E-state index contributed by atoms with van der Waals surface area (Å²) in [7, 11) is 0. The van der Waals surface area contributed by atoms with E-state index in [1.165, 1.54) is 19.3 Å². The molecule has 1 rings (SSSR count). The number of unbranched alkanes of at least 4 members (excludes halogenated alkanes) is 4. The normalized spacial score (nSPS) is 20.8. The van der Waals surface area contributed by atoms with Crippen LogP contribution in [0.3, 0.4) is 0 Å². The second-order valence-corrected chi connectivity index (χ2v) is 7.43. The van der Waals surface area contributed by atoms with E-state index in [1.54, 1.807) is 0 Å². The van der Waals surface area contributed by atoms with Crippen LogP contribution in [0.5, 0.6) is 0 Å². The van der Waals surface area contributed by atoms with Crippen molar-refractivity contribution in [2.24, 2.45) is 17.8 Å². The third-order valence-corrected chi connectivity index (χ3v) is 4.80. The lowest BCUT2D eigenvalue weighted by Gasteiger charge is -2.28. The Hall–Kier alpha value is -1.06. The Balaban J connectivity index is 2.35. The smallest absolute Gasteiger partial charge is 0.309 e. The number of carbonyl (C=O) groups is 2. The molecule has 0 spiro atoms. The minimum atomic E-state index is -0.307. The molecular weight excluding hydrogens is 304 g/mol. The van der Waals surface area contributed by atoms with Crippen molar-refractivity contribution < 1.29 is 19.1 Å². The summed E-state index contributed by atoms with van der Waals surface area (Å²) in [5.74, 6) is -0.506. The molecule has 0 radical (unpaired) electrons. The first kappa shape index (κ1) is 21.0. The molecule has 0 aliphatic heterocycles. The summed E-state index contributed by atoms with van der Waals surface area (Å²) in [4.78, 5) is 24.7. The van der Waals surface area contributed by atoms with Crippen LogP contribution in [0.4, 0.5) is 0 Å². The molecule has 4 nitrogen and oxygen atoms in total. The van der Waals surface area contributed by atoms with Gasteiger partial charge in [0.25, 0.3) is 0 Å². The molecule has 2 unspecified atom stereocenters. The minimum Gasteiger partial charge on any atom is -0.465 e. The predicted octanol–water partition coefficient (Wildman–Crippen LogP) is 4.90. The van der Waals surface area contributed by atoms with Gasteiger partial charge in [0, 0.05) is 0 Å². The van der Waals surface area contributed by atoms with E-state index in [-0.39, 0.29) is 23.8 Å². The van der Waals surface area contributed by atoms with Crippen LogP contribution in [0.1, 0.15) is 85.0 Å². The molecule has 1 aliphatic carbocycles. The van der Waals surface area contributed by atoms with Gasteiger partial charge in [-0.2, -0.15) is 0 Å². The first-order valence-corrected chi connectivity index (χ1v) is 9.89. The second kappa shape index (κ2) is 12.3. The molecule has 0 aromatic rings. The summed E-state index contributed by atoms with van der Waals surface area (Å²) >= 11 is 0. The van der Waals surface area contributed by atoms with E-state index in [1.807, 2.05) is 0 Å². The van der Waals surface area contributed by atoms with E-state index < -0.39 is 0 Å². The molecule has 0 heterocycles. The number of ether oxygens (including phenoxy) is 2. The fourth-order valence-electron chi connectivity index (χ4n) is 3.18. The lowest BCUT2D eigenvalue weighted by molar-refractivity contribution is -0.163. The third kappa shape index (κ3) is 8.16. The standard InChI is InChI=1S/C20H36O4/c1-4-5-6-7-10-14-23-19(21)17-11-8-9-12-18(17)20(22)24-15-13-16(2)3/h16-18H,4-15H2,1-3H3. The van der Waals surface area contributed by atoms with Crippen molar-refractivity contribution in [2.45, 2.75) is 85.0 Å². The molecule has 1 aliphatic rings. The third-order valence-electron chi connectivity index (χ3n) is 4.80. The molecule has 1 saturated carbocycles. The zero-order valence-corrected chi connectivity index (χ0v) is 15.9. The zero-order valence-electron chi connectivity index (χ0n) is 15.9. The van der Waals surface area contributed by atoms with Gasteiger partial charge in [0.15, 0.2) is 0 Å². The van der Waals surface area contributed by atoms with Crippen molar-refractivity contribution in [3.63, 3.8) is 0 Å². The van der Waals surface area contributed by atoms with E-state index in [0.29, 0.717) is 19.1 Å². The Bertz CT molecular complexity index is 365. The monoisotopic (exact) mass is 340 g/mol. The highest BCUT2D eigenvalue weighted by atomic mass is 16.5. The highest BCUT2D eigenvalue weighted by Gasteiger charge is 2.37. The summed E-state index contributed by atoms with van der Waals surface area (Å²) < 4.78 is 10.8. The molecule has 4 heteroatoms. The lowest BCUT2D eigenvalue weighted by Crippen LogP contribution is -2.35. The average molecular weight is 341 g/mol. The average Bonchev–Trinajstić information content (AvgIpc) is 2.57. The molecule has 0 N–H and O–H groups in total. The van der Waals surface area contributed by atoms with Gasteiger partial charge in [0.05, 0.1) is 25.0 Å². The molecule has 2 atom stereocenters. The summed E-state index contributed by atoms with van der Waals surface area (Å²) in [5, 5.41) is 0. The van der Waals surface area contributed by atoms with Crippen LogP contribution < -0.4 is 0 Å². The van der Waals surface area contributed by atoms with Gasteiger partial charge < -0.3 is 9.47 Å². The van der Waals surface area contributed by atoms with Crippen LogP contribution in [0.15, 0.2) is 0 Å². The highest BCUT2D eigenvalue weighted by molar-refractivity contribution is 5.82. The van der Waals surface area contributed by atoms with Crippen molar-refractivity contribution >= 4 is 11.9 Å². The zero-order chi connectivity index (χ0) is 17.8. The summed E-state index contributed by atoms with van der Waals surface area (Å²) in [6.45, 7) is 7.33. The van der Waals surface area contributed by atoms with E-state index in [2.05, 4.69) is 20.8 Å². The first-order valence-electron chi connectivity index (χ1n) is 9.89. The maximum atomic E-state index is 12.4. The topological polar surface area (TPSA) is 52.6 Å². The Morgan fingerprint density at radius 2 is 1.42 bits per heavy atom. The first-order chi connectivity index (χ1) is 11.6. The van der Waals surface area contributed by atoms with Gasteiger partial charge in [0.2, 0.25) is 0 Å².